The van der Waals surface area contributed by atoms with E-state index in [2.05, 4.69) is 105 Å². The minimum Gasteiger partial charge on any atom is -0.248 e. The molecule has 0 fully saturated rings. The van der Waals surface area contributed by atoms with Crippen LogP contribution in [0.4, 0.5) is 0 Å². The Labute approximate surface area is 182 Å². The summed E-state index contributed by atoms with van der Waals surface area (Å²) in [6, 6.07) is 33.2. The minimum atomic E-state index is -0.00462. The third-order valence-corrected chi connectivity index (χ3v) is 7.22. The highest BCUT2D eigenvalue weighted by atomic mass is 14.7. The first-order chi connectivity index (χ1) is 15.1. The van der Waals surface area contributed by atoms with Crippen LogP contribution in [0.1, 0.15) is 25.0 Å². The molecule has 0 spiro atoms. The zero-order valence-electron chi connectivity index (χ0n) is 17.6. The van der Waals surface area contributed by atoms with Crippen LogP contribution in [-0.4, -0.2) is 4.98 Å². The van der Waals surface area contributed by atoms with Crippen molar-refractivity contribution in [2.75, 3.05) is 0 Å². The highest BCUT2D eigenvalue weighted by Gasteiger charge is 2.35. The number of fused-ring (bicyclic) bond motifs is 6. The zero-order chi connectivity index (χ0) is 20.7. The quantitative estimate of drug-likeness (QED) is 0.276. The monoisotopic (exact) mass is 395 g/mol. The molecule has 0 bridgehead atoms. The van der Waals surface area contributed by atoms with Crippen molar-refractivity contribution in [2.24, 2.45) is 0 Å². The van der Waals surface area contributed by atoms with Crippen LogP contribution in [0, 0.1) is 0 Å². The van der Waals surface area contributed by atoms with E-state index in [4.69, 9.17) is 4.98 Å². The zero-order valence-corrected chi connectivity index (χ0v) is 17.6. The maximum atomic E-state index is 5.11. The van der Waals surface area contributed by atoms with Gasteiger partial charge >= 0.3 is 0 Å². The fourth-order valence-electron chi connectivity index (χ4n) is 5.69. The van der Waals surface area contributed by atoms with E-state index in [1.54, 1.807) is 0 Å². The van der Waals surface area contributed by atoms with E-state index in [0.717, 1.165) is 11.2 Å². The SMILES string of the molecule is CC1(C)c2ccccc2-c2ccc(-c3cc4c5c(cccc5n3)-c3ccccc3-4)cc21. The first-order valence-corrected chi connectivity index (χ1v) is 10.9. The lowest BCUT2D eigenvalue weighted by Crippen LogP contribution is -2.14. The summed E-state index contributed by atoms with van der Waals surface area (Å²) in [7, 11) is 0. The lowest BCUT2D eigenvalue weighted by molar-refractivity contribution is 0.660. The van der Waals surface area contributed by atoms with Crippen molar-refractivity contribution in [3.63, 3.8) is 0 Å². The van der Waals surface area contributed by atoms with E-state index in [-0.39, 0.29) is 5.41 Å². The molecule has 0 unspecified atom stereocenters. The molecule has 1 heteroatoms. The number of pyridine rings is 1. The maximum absolute atomic E-state index is 5.11. The van der Waals surface area contributed by atoms with E-state index in [1.807, 2.05) is 0 Å². The summed E-state index contributed by atoms with van der Waals surface area (Å²) in [6.45, 7) is 4.66. The fraction of sp³-hybridized carbons (Fsp3) is 0.100. The molecule has 5 aromatic rings. The van der Waals surface area contributed by atoms with Gasteiger partial charge in [0.15, 0.2) is 0 Å². The molecule has 0 saturated carbocycles. The van der Waals surface area contributed by atoms with Crippen LogP contribution in [0.25, 0.3) is 55.5 Å². The average molecular weight is 396 g/mol. The van der Waals surface area contributed by atoms with Gasteiger partial charge in [0.25, 0.3) is 0 Å². The van der Waals surface area contributed by atoms with Crippen molar-refractivity contribution >= 4 is 10.9 Å². The molecule has 1 heterocycles. The Morgan fingerprint density at radius 2 is 1.23 bits per heavy atom. The van der Waals surface area contributed by atoms with Crippen molar-refractivity contribution in [3.8, 4) is 44.6 Å². The Hall–Kier alpha value is -3.71. The van der Waals surface area contributed by atoms with E-state index in [1.165, 1.54) is 55.5 Å². The van der Waals surface area contributed by atoms with Gasteiger partial charge in [0.2, 0.25) is 0 Å². The number of benzene rings is 4. The summed E-state index contributed by atoms with van der Waals surface area (Å²) in [4.78, 5) is 5.11. The van der Waals surface area contributed by atoms with Crippen molar-refractivity contribution in [1.82, 2.24) is 4.98 Å². The summed E-state index contributed by atoms with van der Waals surface area (Å²) < 4.78 is 0. The molecule has 0 amide bonds. The third kappa shape index (κ3) is 2.13. The molecule has 146 valence electrons. The van der Waals surface area contributed by atoms with Crippen molar-refractivity contribution < 1.29 is 0 Å². The molecular weight excluding hydrogens is 374 g/mol. The molecule has 0 radical (unpaired) electrons. The van der Waals surface area contributed by atoms with E-state index < -0.39 is 0 Å². The molecule has 0 aliphatic heterocycles. The van der Waals surface area contributed by atoms with Gasteiger partial charge in [-0.3, -0.25) is 0 Å². The van der Waals surface area contributed by atoms with Crippen LogP contribution in [0.15, 0.2) is 91.0 Å². The summed E-state index contributed by atoms with van der Waals surface area (Å²) in [6.07, 6.45) is 0. The molecule has 1 aromatic heterocycles. The molecule has 0 N–H and O–H groups in total. The van der Waals surface area contributed by atoms with Crippen LogP contribution >= 0.6 is 0 Å². The first kappa shape index (κ1) is 17.0. The smallest absolute Gasteiger partial charge is 0.0722 e. The van der Waals surface area contributed by atoms with Gasteiger partial charge in [-0.15, -0.1) is 0 Å². The molecule has 7 rings (SSSR count). The van der Waals surface area contributed by atoms with Crippen molar-refractivity contribution in [2.45, 2.75) is 19.3 Å². The predicted octanol–water partition coefficient (Wildman–Crippen LogP) is 7.86. The molecule has 2 aliphatic rings. The summed E-state index contributed by atoms with van der Waals surface area (Å²) in [5.41, 5.74) is 14.0. The second-order valence-corrected chi connectivity index (χ2v) is 9.23. The number of hydrogen-bond acceptors (Lipinski definition) is 1. The van der Waals surface area contributed by atoms with Gasteiger partial charge in [0.1, 0.15) is 0 Å². The Morgan fingerprint density at radius 1 is 0.548 bits per heavy atom. The predicted molar refractivity (Wildman–Crippen MR) is 129 cm³/mol. The highest BCUT2D eigenvalue weighted by Crippen LogP contribution is 2.51. The van der Waals surface area contributed by atoms with Crippen LogP contribution in [0.5, 0.6) is 0 Å². The van der Waals surface area contributed by atoms with Crippen molar-refractivity contribution in [3.05, 3.63) is 102 Å². The van der Waals surface area contributed by atoms with Crippen LogP contribution < -0.4 is 0 Å². The molecule has 31 heavy (non-hydrogen) atoms. The lowest BCUT2D eigenvalue weighted by atomic mass is 9.82. The molecule has 0 saturated heterocycles. The van der Waals surface area contributed by atoms with E-state index >= 15 is 0 Å². The van der Waals surface area contributed by atoms with E-state index in [9.17, 15) is 0 Å². The molecule has 2 aliphatic carbocycles. The van der Waals surface area contributed by atoms with Gasteiger partial charge in [-0.25, -0.2) is 4.98 Å². The molecule has 1 nitrogen and oxygen atoms in total. The number of nitrogens with zero attached hydrogens (tertiary/aromatic N) is 1. The Balaban J connectivity index is 1.47. The number of hydrogen-bond donors (Lipinski definition) is 0. The summed E-state index contributed by atoms with van der Waals surface area (Å²) >= 11 is 0. The average Bonchev–Trinajstić information content (AvgIpc) is 3.25. The first-order valence-electron chi connectivity index (χ1n) is 10.9. The van der Waals surface area contributed by atoms with Crippen LogP contribution in [0.3, 0.4) is 0 Å². The summed E-state index contributed by atoms with van der Waals surface area (Å²) in [5, 5.41) is 1.28. The van der Waals surface area contributed by atoms with Gasteiger partial charge in [-0.2, -0.15) is 0 Å². The van der Waals surface area contributed by atoms with Gasteiger partial charge < -0.3 is 0 Å². The lowest BCUT2D eigenvalue weighted by Gasteiger charge is -2.22. The maximum Gasteiger partial charge on any atom is 0.0722 e. The normalized spacial score (nSPS) is 14.4. The molecule has 0 atom stereocenters. The Bertz CT molecular complexity index is 1550. The van der Waals surface area contributed by atoms with Gasteiger partial charge in [0, 0.05) is 16.4 Å². The second-order valence-electron chi connectivity index (χ2n) is 9.23. The van der Waals surface area contributed by atoms with Gasteiger partial charge in [0.05, 0.1) is 11.2 Å². The highest BCUT2D eigenvalue weighted by molar-refractivity contribution is 6.14. The van der Waals surface area contributed by atoms with Crippen LogP contribution in [-0.2, 0) is 5.41 Å². The Morgan fingerprint density at radius 3 is 2.06 bits per heavy atom. The minimum absolute atomic E-state index is 0.00462. The number of rotatable bonds is 1. The number of aromatic nitrogens is 1. The van der Waals surface area contributed by atoms with Crippen molar-refractivity contribution in [1.29, 1.82) is 0 Å². The molecule has 4 aromatic carbocycles. The fourth-order valence-corrected chi connectivity index (χ4v) is 5.69. The van der Waals surface area contributed by atoms with Gasteiger partial charge in [-0.1, -0.05) is 86.6 Å². The van der Waals surface area contributed by atoms with Gasteiger partial charge in [-0.05, 0) is 62.7 Å². The molecular formula is C30H21N. The largest absolute Gasteiger partial charge is 0.248 e. The second kappa shape index (κ2) is 5.70. The summed E-state index contributed by atoms with van der Waals surface area (Å²) in [5.74, 6) is 0. The Kier molecular flexibility index (Phi) is 3.13. The van der Waals surface area contributed by atoms with Crippen LogP contribution in [0.2, 0.25) is 0 Å². The standard InChI is InChI=1S/C30H21N/c1-30(2)25-12-6-5-10-21(25)22-15-14-18(16-26(22)30)28-17-24-20-9-4-3-8-19(20)23-11-7-13-27(31-28)29(23)24/h3-17H,1-2H3. The topological polar surface area (TPSA) is 12.9 Å². The van der Waals surface area contributed by atoms with E-state index in [0.29, 0.717) is 0 Å². The third-order valence-electron chi connectivity index (χ3n) is 7.22.